The number of hydrogen-bond donors (Lipinski definition) is 0. The first kappa shape index (κ1) is 24.8. The van der Waals surface area contributed by atoms with Gasteiger partial charge in [0.25, 0.3) is 5.91 Å². The van der Waals surface area contributed by atoms with Crippen molar-refractivity contribution in [3.8, 4) is 11.4 Å². The summed E-state index contributed by atoms with van der Waals surface area (Å²) in [6.07, 6.45) is 0. The summed E-state index contributed by atoms with van der Waals surface area (Å²) in [6.45, 7) is 4.24. The van der Waals surface area contributed by atoms with E-state index in [1.807, 2.05) is 75.9 Å². The lowest BCUT2D eigenvalue weighted by Gasteiger charge is -2.36. The lowest BCUT2D eigenvalue weighted by atomic mass is 10.1. The first-order valence-corrected chi connectivity index (χ1v) is 13.1. The second kappa shape index (κ2) is 11.0. The van der Waals surface area contributed by atoms with Gasteiger partial charge in [-0.3, -0.25) is 9.36 Å². The van der Waals surface area contributed by atoms with Crippen LogP contribution in [0.3, 0.4) is 0 Å². The number of carbonyl (C=O) groups excluding carboxylic acids is 1. The van der Waals surface area contributed by atoms with Crippen molar-refractivity contribution >= 4 is 23.4 Å². The Kier molecular flexibility index (Phi) is 7.41. The number of aryl methyl sites for hydroxylation is 1. The molecule has 0 atom stereocenters. The second-order valence-electron chi connectivity index (χ2n) is 8.75. The number of methoxy groups -OCH3 is 1. The van der Waals surface area contributed by atoms with Crippen molar-refractivity contribution in [1.82, 2.24) is 19.7 Å². The predicted molar refractivity (Wildman–Crippen MR) is 143 cm³/mol. The van der Waals surface area contributed by atoms with Gasteiger partial charge in [-0.15, -0.1) is 10.2 Å². The lowest BCUT2D eigenvalue weighted by molar-refractivity contribution is 0.0746. The van der Waals surface area contributed by atoms with Crippen molar-refractivity contribution in [2.75, 3.05) is 38.2 Å². The number of thioether (sulfide) groups is 1. The standard InChI is InChI=1S/C28H28FN5O2S/c1-20-30-31-28(34(20)25-9-5-6-10-26(25)36-2)37-19-21-11-13-22(14-12-21)27(35)33-17-15-32(16-18-33)24-8-4-3-7-23(24)29/h3-14H,15-19H2,1-2H3. The van der Waals surface area contributed by atoms with Gasteiger partial charge >= 0.3 is 0 Å². The van der Waals surface area contributed by atoms with Gasteiger partial charge in [-0.25, -0.2) is 4.39 Å². The van der Waals surface area contributed by atoms with Gasteiger partial charge in [0.1, 0.15) is 17.4 Å². The van der Waals surface area contributed by atoms with Crippen molar-refractivity contribution in [2.24, 2.45) is 0 Å². The zero-order valence-electron chi connectivity index (χ0n) is 20.8. The molecule has 3 aromatic carbocycles. The number of carbonyl (C=O) groups is 1. The van der Waals surface area contributed by atoms with Crippen LogP contribution in [0.4, 0.5) is 10.1 Å². The number of halogens is 1. The Labute approximate surface area is 219 Å². The van der Waals surface area contributed by atoms with Crippen molar-refractivity contribution in [1.29, 1.82) is 0 Å². The zero-order chi connectivity index (χ0) is 25.8. The smallest absolute Gasteiger partial charge is 0.253 e. The maximum absolute atomic E-state index is 14.1. The van der Waals surface area contributed by atoms with Gasteiger partial charge < -0.3 is 14.5 Å². The fourth-order valence-electron chi connectivity index (χ4n) is 4.46. The van der Waals surface area contributed by atoms with E-state index in [4.69, 9.17) is 4.74 Å². The van der Waals surface area contributed by atoms with Crippen LogP contribution in [0, 0.1) is 12.7 Å². The van der Waals surface area contributed by atoms with E-state index in [1.165, 1.54) is 6.07 Å². The Balaban J connectivity index is 1.21. The highest BCUT2D eigenvalue weighted by atomic mass is 32.2. The number of rotatable bonds is 7. The zero-order valence-corrected chi connectivity index (χ0v) is 21.6. The Hall–Kier alpha value is -3.85. The molecule has 9 heteroatoms. The number of para-hydroxylation sites is 3. The summed E-state index contributed by atoms with van der Waals surface area (Å²) in [6, 6.07) is 22.3. The van der Waals surface area contributed by atoms with Gasteiger partial charge in [0.05, 0.1) is 18.5 Å². The molecular weight excluding hydrogens is 489 g/mol. The molecule has 2 heterocycles. The number of anilines is 1. The molecule has 0 spiro atoms. The molecule has 5 rings (SSSR count). The van der Waals surface area contributed by atoms with Gasteiger partial charge in [-0.05, 0) is 48.9 Å². The highest BCUT2D eigenvalue weighted by Gasteiger charge is 2.23. The van der Waals surface area contributed by atoms with Crippen LogP contribution in [0.25, 0.3) is 5.69 Å². The fourth-order valence-corrected chi connectivity index (χ4v) is 5.41. The molecular formula is C28H28FN5O2S. The molecule has 37 heavy (non-hydrogen) atoms. The van der Waals surface area contributed by atoms with Crippen LogP contribution < -0.4 is 9.64 Å². The number of benzene rings is 3. The second-order valence-corrected chi connectivity index (χ2v) is 9.70. The Morgan fingerprint density at radius 2 is 1.59 bits per heavy atom. The fraction of sp³-hybridized carbons (Fsp3) is 0.250. The van der Waals surface area contributed by atoms with Gasteiger partial charge in [-0.1, -0.05) is 48.2 Å². The Morgan fingerprint density at radius 1 is 0.919 bits per heavy atom. The third-order valence-electron chi connectivity index (χ3n) is 6.45. The molecule has 1 fully saturated rings. The molecule has 1 aliphatic rings. The molecule has 0 N–H and O–H groups in total. The SMILES string of the molecule is COc1ccccc1-n1c(C)nnc1SCc1ccc(C(=O)N2CCN(c3ccccc3F)CC2)cc1. The molecule has 0 bridgehead atoms. The summed E-state index contributed by atoms with van der Waals surface area (Å²) in [5, 5.41) is 9.39. The van der Waals surface area contributed by atoms with Crippen molar-refractivity contribution in [3.63, 3.8) is 0 Å². The molecule has 1 saturated heterocycles. The number of hydrogen-bond acceptors (Lipinski definition) is 6. The molecule has 0 radical (unpaired) electrons. The van der Waals surface area contributed by atoms with Crippen molar-refractivity contribution in [3.05, 3.63) is 95.6 Å². The van der Waals surface area contributed by atoms with Crippen molar-refractivity contribution in [2.45, 2.75) is 17.8 Å². The maximum Gasteiger partial charge on any atom is 0.253 e. The highest BCUT2D eigenvalue weighted by molar-refractivity contribution is 7.98. The topological polar surface area (TPSA) is 63.5 Å². The molecule has 190 valence electrons. The van der Waals surface area contributed by atoms with E-state index in [0.717, 1.165) is 28.0 Å². The summed E-state index contributed by atoms with van der Waals surface area (Å²) < 4.78 is 21.6. The molecule has 7 nitrogen and oxygen atoms in total. The molecule has 4 aromatic rings. The highest BCUT2D eigenvalue weighted by Crippen LogP contribution is 2.30. The number of nitrogens with zero attached hydrogens (tertiary/aromatic N) is 5. The Morgan fingerprint density at radius 3 is 2.30 bits per heavy atom. The molecule has 1 aliphatic heterocycles. The van der Waals surface area contributed by atoms with Crippen molar-refractivity contribution < 1.29 is 13.9 Å². The largest absolute Gasteiger partial charge is 0.495 e. The predicted octanol–water partition coefficient (Wildman–Crippen LogP) is 4.98. The van der Waals surface area contributed by atoms with E-state index in [-0.39, 0.29) is 11.7 Å². The summed E-state index contributed by atoms with van der Waals surface area (Å²) in [4.78, 5) is 16.9. The lowest BCUT2D eigenvalue weighted by Crippen LogP contribution is -2.49. The molecule has 0 aliphatic carbocycles. The van der Waals surface area contributed by atoms with E-state index < -0.39 is 0 Å². The third-order valence-corrected chi connectivity index (χ3v) is 7.45. The van der Waals surface area contributed by atoms with Crippen LogP contribution in [-0.2, 0) is 5.75 Å². The molecule has 1 aromatic heterocycles. The first-order valence-electron chi connectivity index (χ1n) is 12.1. The number of ether oxygens (including phenoxy) is 1. The number of piperazine rings is 1. The van der Waals surface area contributed by atoms with Crippen LogP contribution in [0.2, 0.25) is 0 Å². The average molecular weight is 518 g/mol. The molecule has 0 unspecified atom stereocenters. The number of aromatic nitrogens is 3. The van der Waals surface area contributed by atoms with Crippen LogP contribution in [0.15, 0.2) is 78.0 Å². The summed E-state index contributed by atoms with van der Waals surface area (Å²) in [7, 11) is 1.65. The maximum atomic E-state index is 14.1. The normalized spacial score (nSPS) is 13.6. The van der Waals surface area contributed by atoms with E-state index in [0.29, 0.717) is 43.2 Å². The van der Waals surface area contributed by atoms with Crippen LogP contribution in [0.5, 0.6) is 5.75 Å². The molecule has 1 amide bonds. The van der Waals surface area contributed by atoms with E-state index in [1.54, 1.807) is 31.0 Å². The van der Waals surface area contributed by atoms with Gasteiger partial charge in [-0.2, -0.15) is 0 Å². The third kappa shape index (κ3) is 5.32. The molecule has 0 saturated carbocycles. The minimum absolute atomic E-state index is 0.000993. The monoisotopic (exact) mass is 517 g/mol. The van der Waals surface area contributed by atoms with Gasteiger partial charge in [0, 0.05) is 37.5 Å². The van der Waals surface area contributed by atoms with E-state index >= 15 is 0 Å². The van der Waals surface area contributed by atoms with Crippen LogP contribution in [0.1, 0.15) is 21.7 Å². The first-order chi connectivity index (χ1) is 18.0. The quantitative estimate of drug-likeness (QED) is 0.322. The summed E-state index contributed by atoms with van der Waals surface area (Å²) >= 11 is 1.58. The minimum atomic E-state index is -0.230. The van der Waals surface area contributed by atoms with E-state index in [2.05, 4.69) is 10.2 Å². The summed E-state index contributed by atoms with van der Waals surface area (Å²) in [5.74, 6) is 1.99. The summed E-state index contributed by atoms with van der Waals surface area (Å²) in [5.41, 5.74) is 3.22. The van der Waals surface area contributed by atoms with E-state index in [9.17, 15) is 9.18 Å². The Bertz CT molecular complexity index is 1380. The number of amides is 1. The van der Waals surface area contributed by atoms with Gasteiger partial charge in [0.2, 0.25) is 0 Å². The average Bonchev–Trinajstić information content (AvgIpc) is 3.32. The van der Waals surface area contributed by atoms with Gasteiger partial charge in [0.15, 0.2) is 5.16 Å². The minimum Gasteiger partial charge on any atom is -0.495 e. The van der Waals surface area contributed by atoms with Crippen LogP contribution in [-0.4, -0.2) is 58.9 Å². The van der Waals surface area contributed by atoms with Crippen LogP contribution >= 0.6 is 11.8 Å².